The maximum Gasteiger partial charge on any atom is 0.258 e. The second kappa shape index (κ2) is 5.88. The molecule has 1 N–H and O–H groups in total. The molecule has 0 spiro atoms. The molecule has 2 aromatic rings. The van der Waals surface area contributed by atoms with Crippen LogP contribution in [0.15, 0.2) is 42.5 Å². The molecule has 21 heavy (non-hydrogen) atoms. The Balaban J connectivity index is 1.99. The molecule has 1 heterocycles. The molecule has 0 fully saturated rings. The highest BCUT2D eigenvalue weighted by Crippen LogP contribution is 2.25. The topological polar surface area (TPSA) is 32.3 Å². The van der Waals surface area contributed by atoms with Gasteiger partial charge in [0.25, 0.3) is 5.91 Å². The standard InChI is InChI=1S/C17H17ClN2O/c1-12-6-7-13(10-15(12)18)17(21)20-9-8-19-11-14-4-2-3-5-16(14)20/h2-7,10,19H,8-9,11H2,1H3. The molecule has 1 aliphatic rings. The van der Waals surface area contributed by atoms with Crippen LogP contribution in [0.1, 0.15) is 21.5 Å². The van der Waals surface area contributed by atoms with E-state index in [9.17, 15) is 4.79 Å². The van der Waals surface area contributed by atoms with E-state index < -0.39 is 0 Å². The van der Waals surface area contributed by atoms with Gasteiger partial charge in [0.05, 0.1) is 0 Å². The summed E-state index contributed by atoms with van der Waals surface area (Å²) >= 11 is 6.15. The molecule has 4 heteroatoms. The molecule has 3 rings (SSSR count). The molecule has 0 aromatic heterocycles. The fourth-order valence-electron chi connectivity index (χ4n) is 2.55. The lowest BCUT2D eigenvalue weighted by molar-refractivity contribution is 0.0987. The molecule has 0 bridgehead atoms. The van der Waals surface area contributed by atoms with Gasteiger partial charge in [-0.1, -0.05) is 35.9 Å². The van der Waals surface area contributed by atoms with Gasteiger partial charge in [0.15, 0.2) is 0 Å². The molecule has 0 saturated heterocycles. The molecule has 108 valence electrons. The predicted molar refractivity (Wildman–Crippen MR) is 86.0 cm³/mol. The van der Waals surface area contributed by atoms with Gasteiger partial charge in [-0.05, 0) is 36.2 Å². The molecule has 0 unspecified atom stereocenters. The number of hydrogen-bond donors (Lipinski definition) is 1. The minimum absolute atomic E-state index is 0.00644. The normalized spacial score (nSPS) is 14.5. The van der Waals surface area contributed by atoms with Crippen LogP contribution in [0.25, 0.3) is 0 Å². The Morgan fingerprint density at radius 2 is 2.05 bits per heavy atom. The van der Waals surface area contributed by atoms with Gasteiger partial charge in [0.2, 0.25) is 0 Å². The number of fused-ring (bicyclic) bond motifs is 1. The maximum absolute atomic E-state index is 12.8. The van der Waals surface area contributed by atoms with Crippen LogP contribution in [0.2, 0.25) is 5.02 Å². The Hall–Kier alpha value is -1.84. The van der Waals surface area contributed by atoms with Crippen molar-refractivity contribution < 1.29 is 4.79 Å². The minimum atomic E-state index is -0.00644. The van der Waals surface area contributed by atoms with E-state index in [2.05, 4.69) is 11.4 Å². The molecule has 0 atom stereocenters. The Labute approximate surface area is 129 Å². The summed E-state index contributed by atoms with van der Waals surface area (Å²) in [5.41, 5.74) is 3.72. The molecular weight excluding hydrogens is 284 g/mol. The van der Waals surface area contributed by atoms with Crippen molar-refractivity contribution >= 4 is 23.2 Å². The van der Waals surface area contributed by atoms with E-state index in [4.69, 9.17) is 11.6 Å². The van der Waals surface area contributed by atoms with Crippen molar-refractivity contribution in [1.82, 2.24) is 5.32 Å². The number of hydrogen-bond acceptors (Lipinski definition) is 2. The second-order valence-electron chi connectivity index (χ2n) is 5.23. The second-order valence-corrected chi connectivity index (χ2v) is 5.63. The number of rotatable bonds is 1. The Kier molecular flexibility index (Phi) is 3.95. The highest BCUT2D eigenvalue weighted by Gasteiger charge is 2.22. The monoisotopic (exact) mass is 300 g/mol. The van der Waals surface area contributed by atoms with Gasteiger partial charge in [-0.15, -0.1) is 0 Å². The number of nitrogens with one attached hydrogen (secondary N) is 1. The first kappa shape index (κ1) is 14.1. The van der Waals surface area contributed by atoms with Gasteiger partial charge < -0.3 is 10.2 Å². The largest absolute Gasteiger partial charge is 0.311 e. The van der Waals surface area contributed by atoms with Crippen LogP contribution in [0.3, 0.4) is 0 Å². The molecule has 0 aliphatic carbocycles. The quantitative estimate of drug-likeness (QED) is 0.875. The van der Waals surface area contributed by atoms with Crippen molar-refractivity contribution in [3.63, 3.8) is 0 Å². The lowest BCUT2D eigenvalue weighted by atomic mass is 10.1. The number of carbonyl (C=O) groups excluding carboxylic acids is 1. The molecule has 2 aromatic carbocycles. The highest BCUT2D eigenvalue weighted by atomic mass is 35.5. The first-order chi connectivity index (χ1) is 10.2. The zero-order valence-electron chi connectivity index (χ0n) is 11.9. The lowest BCUT2D eigenvalue weighted by Crippen LogP contribution is -2.34. The van der Waals surface area contributed by atoms with E-state index in [-0.39, 0.29) is 5.91 Å². The first-order valence-electron chi connectivity index (χ1n) is 7.03. The minimum Gasteiger partial charge on any atom is -0.311 e. The summed E-state index contributed by atoms with van der Waals surface area (Å²) < 4.78 is 0. The Bertz CT molecular complexity index is 684. The van der Waals surface area contributed by atoms with Crippen LogP contribution in [-0.2, 0) is 6.54 Å². The van der Waals surface area contributed by atoms with Crippen molar-refractivity contribution in [3.8, 4) is 0 Å². The number of anilines is 1. The number of benzene rings is 2. The third-order valence-corrected chi connectivity index (χ3v) is 4.18. The van der Waals surface area contributed by atoms with Crippen molar-refractivity contribution in [2.24, 2.45) is 0 Å². The summed E-state index contributed by atoms with van der Waals surface area (Å²) in [5, 5.41) is 3.97. The molecule has 0 saturated carbocycles. The average molecular weight is 301 g/mol. The number of para-hydroxylation sites is 1. The van der Waals surface area contributed by atoms with Crippen LogP contribution in [0, 0.1) is 6.92 Å². The summed E-state index contributed by atoms with van der Waals surface area (Å²) in [6.45, 7) is 4.15. The summed E-state index contributed by atoms with van der Waals surface area (Å²) in [4.78, 5) is 14.6. The molecular formula is C17H17ClN2O. The third kappa shape index (κ3) is 2.80. The summed E-state index contributed by atoms with van der Waals surface area (Å²) in [6, 6.07) is 13.5. The molecule has 0 radical (unpaired) electrons. The first-order valence-corrected chi connectivity index (χ1v) is 7.41. The fourth-order valence-corrected chi connectivity index (χ4v) is 2.73. The van der Waals surface area contributed by atoms with Crippen LogP contribution in [0.5, 0.6) is 0 Å². The van der Waals surface area contributed by atoms with Crippen molar-refractivity contribution in [2.75, 3.05) is 18.0 Å². The van der Waals surface area contributed by atoms with E-state index in [1.807, 2.05) is 42.2 Å². The van der Waals surface area contributed by atoms with Crippen molar-refractivity contribution in [2.45, 2.75) is 13.5 Å². The van der Waals surface area contributed by atoms with Crippen LogP contribution in [0.4, 0.5) is 5.69 Å². The summed E-state index contributed by atoms with van der Waals surface area (Å²) in [7, 11) is 0. The Morgan fingerprint density at radius 3 is 2.86 bits per heavy atom. The smallest absolute Gasteiger partial charge is 0.258 e. The fraction of sp³-hybridized carbons (Fsp3) is 0.235. The summed E-state index contributed by atoms with van der Waals surface area (Å²) in [6.07, 6.45) is 0. The maximum atomic E-state index is 12.8. The van der Waals surface area contributed by atoms with Crippen LogP contribution in [-0.4, -0.2) is 19.0 Å². The van der Waals surface area contributed by atoms with Gasteiger partial charge in [0, 0.05) is 35.9 Å². The van der Waals surface area contributed by atoms with E-state index in [1.54, 1.807) is 6.07 Å². The lowest BCUT2D eigenvalue weighted by Gasteiger charge is -2.22. The zero-order chi connectivity index (χ0) is 14.8. The average Bonchev–Trinajstić information content (AvgIpc) is 2.71. The predicted octanol–water partition coefficient (Wildman–Crippen LogP) is 3.40. The van der Waals surface area contributed by atoms with Crippen molar-refractivity contribution in [1.29, 1.82) is 0 Å². The number of amides is 1. The van der Waals surface area contributed by atoms with Crippen LogP contribution >= 0.6 is 11.6 Å². The number of aryl methyl sites for hydroxylation is 1. The molecule has 3 nitrogen and oxygen atoms in total. The SMILES string of the molecule is Cc1ccc(C(=O)N2CCNCc3ccccc32)cc1Cl. The van der Waals surface area contributed by atoms with E-state index >= 15 is 0 Å². The molecule has 1 amide bonds. The number of halogens is 1. The van der Waals surface area contributed by atoms with E-state index in [0.717, 1.165) is 29.9 Å². The van der Waals surface area contributed by atoms with Gasteiger partial charge in [-0.2, -0.15) is 0 Å². The van der Waals surface area contributed by atoms with Gasteiger partial charge >= 0.3 is 0 Å². The van der Waals surface area contributed by atoms with Gasteiger partial charge in [-0.25, -0.2) is 0 Å². The summed E-state index contributed by atoms with van der Waals surface area (Å²) in [5.74, 6) is -0.00644. The third-order valence-electron chi connectivity index (χ3n) is 3.77. The van der Waals surface area contributed by atoms with Gasteiger partial charge in [0.1, 0.15) is 0 Å². The zero-order valence-corrected chi connectivity index (χ0v) is 12.7. The van der Waals surface area contributed by atoms with E-state index in [1.165, 1.54) is 0 Å². The Morgan fingerprint density at radius 1 is 1.24 bits per heavy atom. The number of carbonyl (C=O) groups is 1. The van der Waals surface area contributed by atoms with Crippen molar-refractivity contribution in [3.05, 3.63) is 64.2 Å². The van der Waals surface area contributed by atoms with E-state index in [0.29, 0.717) is 17.1 Å². The van der Waals surface area contributed by atoms with Crippen LogP contribution < -0.4 is 10.2 Å². The molecule has 1 aliphatic heterocycles. The number of nitrogens with zero attached hydrogens (tertiary/aromatic N) is 1. The highest BCUT2D eigenvalue weighted by molar-refractivity contribution is 6.31. The van der Waals surface area contributed by atoms with Gasteiger partial charge in [-0.3, -0.25) is 4.79 Å².